The third kappa shape index (κ3) is 3.40. The molecule has 1 atom stereocenters. The molecule has 0 saturated heterocycles. The number of hydrogen-bond acceptors (Lipinski definition) is 4. The number of nitro groups is 1. The molecule has 1 aromatic heterocycles. The van der Waals surface area contributed by atoms with E-state index in [-0.39, 0.29) is 16.7 Å². The fourth-order valence-corrected chi connectivity index (χ4v) is 2.43. The molecule has 1 N–H and O–H groups in total. The Hall–Kier alpha value is -1.79. The molecule has 0 amide bonds. The van der Waals surface area contributed by atoms with Crippen molar-refractivity contribution in [1.29, 1.82) is 0 Å². The lowest BCUT2D eigenvalue weighted by molar-refractivity contribution is -0.385. The van der Waals surface area contributed by atoms with Crippen LogP contribution in [0.2, 0.25) is 0 Å². The fourth-order valence-electron chi connectivity index (χ4n) is 1.88. The highest BCUT2D eigenvalue weighted by Crippen LogP contribution is 2.28. The Labute approximate surface area is 125 Å². The second-order valence-electron chi connectivity index (χ2n) is 4.39. The van der Waals surface area contributed by atoms with E-state index in [1.165, 1.54) is 6.07 Å². The molecule has 0 aliphatic heterocycles. The normalized spacial score (nSPS) is 12.1. The van der Waals surface area contributed by atoms with E-state index in [0.717, 1.165) is 11.1 Å². The van der Waals surface area contributed by atoms with Gasteiger partial charge in [0.25, 0.3) is 5.69 Å². The van der Waals surface area contributed by atoms with Gasteiger partial charge in [0.15, 0.2) is 0 Å². The van der Waals surface area contributed by atoms with Gasteiger partial charge in [-0.3, -0.25) is 15.1 Å². The summed E-state index contributed by atoms with van der Waals surface area (Å²) >= 11 is 3.30. The van der Waals surface area contributed by atoms with Crippen molar-refractivity contribution in [2.45, 2.75) is 19.5 Å². The average molecular weight is 336 g/mol. The van der Waals surface area contributed by atoms with Crippen molar-refractivity contribution in [1.82, 2.24) is 10.3 Å². The number of aromatic nitrogens is 1. The Balaban J connectivity index is 2.08. The van der Waals surface area contributed by atoms with E-state index in [0.29, 0.717) is 11.0 Å². The van der Waals surface area contributed by atoms with Crippen LogP contribution in [0.1, 0.15) is 24.1 Å². The van der Waals surface area contributed by atoms with E-state index in [9.17, 15) is 10.1 Å². The Morgan fingerprint density at radius 1 is 1.35 bits per heavy atom. The van der Waals surface area contributed by atoms with E-state index >= 15 is 0 Å². The molecule has 20 heavy (non-hydrogen) atoms. The zero-order valence-corrected chi connectivity index (χ0v) is 12.5. The fraction of sp³-hybridized carbons (Fsp3) is 0.214. The average Bonchev–Trinajstić information content (AvgIpc) is 2.46. The molecule has 2 aromatic rings. The smallest absolute Gasteiger partial charge is 0.283 e. The van der Waals surface area contributed by atoms with E-state index in [2.05, 4.69) is 26.2 Å². The summed E-state index contributed by atoms with van der Waals surface area (Å²) in [5.74, 6) is 0. The molecule has 0 radical (unpaired) electrons. The minimum Gasteiger partial charge on any atom is -0.306 e. The molecule has 0 saturated carbocycles. The summed E-state index contributed by atoms with van der Waals surface area (Å²) in [6, 6.07) is 9.07. The third-order valence-electron chi connectivity index (χ3n) is 3.06. The maximum atomic E-state index is 10.9. The van der Waals surface area contributed by atoms with Crippen molar-refractivity contribution in [3.8, 4) is 0 Å². The van der Waals surface area contributed by atoms with E-state index < -0.39 is 0 Å². The topological polar surface area (TPSA) is 68.1 Å². The molecule has 0 unspecified atom stereocenters. The number of rotatable bonds is 5. The lowest BCUT2D eigenvalue weighted by Gasteiger charge is -2.14. The maximum Gasteiger partial charge on any atom is 0.283 e. The molecule has 6 heteroatoms. The van der Waals surface area contributed by atoms with Gasteiger partial charge < -0.3 is 5.32 Å². The highest BCUT2D eigenvalue weighted by molar-refractivity contribution is 9.10. The Morgan fingerprint density at radius 2 is 2.05 bits per heavy atom. The lowest BCUT2D eigenvalue weighted by atomic mass is 10.1. The number of hydrogen-bond donors (Lipinski definition) is 1. The summed E-state index contributed by atoms with van der Waals surface area (Å²) in [6.45, 7) is 2.59. The van der Waals surface area contributed by atoms with Gasteiger partial charge in [-0.25, -0.2) is 0 Å². The summed E-state index contributed by atoms with van der Waals surface area (Å²) in [5, 5.41) is 14.2. The third-order valence-corrected chi connectivity index (χ3v) is 3.98. The van der Waals surface area contributed by atoms with Crippen molar-refractivity contribution in [3.05, 3.63) is 68.4 Å². The van der Waals surface area contributed by atoms with Gasteiger partial charge in [-0.2, -0.15) is 0 Å². The molecule has 0 spiro atoms. The zero-order valence-electron chi connectivity index (χ0n) is 10.9. The first-order chi connectivity index (χ1) is 9.59. The molecular formula is C14H14BrN3O2. The van der Waals surface area contributed by atoms with Gasteiger partial charge in [-0.15, -0.1) is 0 Å². The zero-order chi connectivity index (χ0) is 14.5. The molecule has 0 bridgehead atoms. The molecule has 2 rings (SSSR count). The van der Waals surface area contributed by atoms with Crippen LogP contribution in [-0.2, 0) is 6.54 Å². The highest BCUT2D eigenvalue weighted by atomic mass is 79.9. The van der Waals surface area contributed by atoms with Crippen LogP contribution < -0.4 is 5.32 Å². The van der Waals surface area contributed by atoms with Gasteiger partial charge in [-0.1, -0.05) is 12.1 Å². The van der Waals surface area contributed by atoms with Crippen molar-refractivity contribution in [2.75, 3.05) is 0 Å². The van der Waals surface area contributed by atoms with E-state index in [1.807, 2.05) is 25.1 Å². The first kappa shape index (κ1) is 14.6. The predicted octanol–water partition coefficient (Wildman–Crippen LogP) is 3.60. The summed E-state index contributed by atoms with van der Waals surface area (Å²) in [6.07, 6.45) is 3.49. The van der Waals surface area contributed by atoms with Crippen LogP contribution in [-0.4, -0.2) is 9.91 Å². The molecule has 1 heterocycles. The maximum absolute atomic E-state index is 10.9. The SMILES string of the molecule is C[C@@H](NCc1cccc([N+](=O)[O-])c1Br)c1ccncc1. The van der Waals surface area contributed by atoms with Gasteiger partial charge in [0.1, 0.15) is 0 Å². The summed E-state index contributed by atoms with van der Waals surface area (Å²) in [5.41, 5.74) is 2.07. The van der Waals surface area contributed by atoms with Crippen LogP contribution in [0.3, 0.4) is 0 Å². The van der Waals surface area contributed by atoms with Crippen LogP contribution in [0.25, 0.3) is 0 Å². The molecule has 1 aromatic carbocycles. The molecule has 0 fully saturated rings. The first-order valence-electron chi connectivity index (χ1n) is 6.14. The van der Waals surface area contributed by atoms with Crippen molar-refractivity contribution in [3.63, 3.8) is 0 Å². The molecule has 104 valence electrons. The predicted molar refractivity (Wildman–Crippen MR) is 80.3 cm³/mol. The number of nitrogens with zero attached hydrogens (tertiary/aromatic N) is 2. The van der Waals surface area contributed by atoms with Gasteiger partial charge >= 0.3 is 0 Å². The molecule has 0 aliphatic carbocycles. The van der Waals surface area contributed by atoms with Crippen LogP contribution in [0, 0.1) is 10.1 Å². The summed E-state index contributed by atoms with van der Waals surface area (Å²) < 4.78 is 0.527. The highest BCUT2D eigenvalue weighted by Gasteiger charge is 2.15. The van der Waals surface area contributed by atoms with Gasteiger partial charge in [0.05, 0.1) is 9.40 Å². The van der Waals surface area contributed by atoms with Crippen molar-refractivity contribution >= 4 is 21.6 Å². The van der Waals surface area contributed by atoms with E-state index in [1.54, 1.807) is 18.5 Å². The standard InChI is InChI=1S/C14H14BrN3O2/c1-10(11-5-7-16-8-6-11)17-9-12-3-2-4-13(14(12)15)18(19)20/h2-8,10,17H,9H2,1H3/t10-/m1/s1. The van der Waals surface area contributed by atoms with E-state index in [4.69, 9.17) is 0 Å². The minimum absolute atomic E-state index is 0.0841. The van der Waals surface area contributed by atoms with Gasteiger partial charge in [0.2, 0.25) is 0 Å². The summed E-state index contributed by atoms with van der Waals surface area (Å²) in [7, 11) is 0. The second kappa shape index (κ2) is 6.58. The quantitative estimate of drug-likeness (QED) is 0.669. The van der Waals surface area contributed by atoms with Crippen LogP contribution in [0.15, 0.2) is 47.2 Å². The monoisotopic (exact) mass is 335 g/mol. The Bertz CT molecular complexity index is 605. The minimum atomic E-state index is -0.389. The second-order valence-corrected chi connectivity index (χ2v) is 5.18. The number of benzene rings is 1. The lowest BCUT2D eigenvalue weighted by Crippen LogP contribution is -2.18. The number of halogens is 1. The summed E-state index contributed by atoms with van der Waals surface area (Å²) in [4.78, 5) is 14.5. The molecular weight excluding hydrogens is 322 g/mol. The van der Waals surface area contributed by atoms with Crippen LogP contribution in [0.4, 0.5) is 5.69 Å². The first-order valence-corrected chi connectivity index (χ1v) is 6.94. The largest absolute Gasteiger partial charge is 0.306 e. The van der Waals surface area contributed by atoms with Gasteiger partial charge in [0, 0.05) is 31.0 Å². The Morgan fingerprint density at radius 3 is 2.70 bits per heavy atom. The van der Waals surface area contributed by atoms with Crippen molar-refractivity contribution < 1.29 is 4.92 Å². The van der Waals surface area contributed by atoms with Gasteiger partial charge in [-0.05, 0) is 46.1 Å². The molecule has 5 nitrogen and oxygen atoms in total. The number of pyridine rings is 1. The Kier molecular flexibility index (Phi) is 4.81. The number of nitrogens with one attached hydrogen (secondary N) is 1. The number of nitro benzene ring substituents is 1. The van der Waals surface area contributed by atoms with Crippen LogP contribution in [0.5, 0.6) is 0 Å². The van der Waals surface area contributed by atoms with Crippen molar-refractivity contribution in [2.24, 2.45) is 0 Å². The van der Waals surface area contributed by atoms with Crippen LogP contribution >= 0.6 is 15.9 Å². The molecule has 0 aliphatic rings.